The maximum atomic E-state index is 10.8. The molecule has 0 bridgehead atoms. The number of carboxylic acid groups (broad SMARTS) is 1. The molecule has 2 saturated carbocycles. The van der Waals surface area contributed by atoms with Crippen LogP contribution < -0.4 is 0 Å². The number of hydrogen-bond acceptors (Lipinski definition) is 3. The van der Waals surface area contributed by atoms with Gasteiger partial charge >= 0.3 is 5.97 Å². The minimum Gasteiger partial charge on any atom is -0.481 e. The predicted molar refractivity (Wildman–Crippen MR) is 61.8 cm³/mol. The Morgan fingerprint density at radius 2 is 2.19 bits per heavy atom. The number of thiazole rings is 1. The molecule has 0 radical (unpaired) electrons. The van der Waals surface area contributed by atoms with E-state index in [1.54, 1.807) is 11.3 Å². The van der Waals surface area contributed by atoms with Crippen molar-refractivity contribution in [3.05, 3.63) is 16.1 Å². The van der Waals surface area contributed by atoms with Crippen LogP contribution in [0.1, 0.15) is 54.6 Å². The Balaban J connectivity index is 1.71. The molecule has 2 fully saturated rings. The molecule has 2 unspecified atom stereocenters. The fourth-order valence-electron chi connectivity index (χ4n) is 2.63. The van der Waals surface area contributed by atoms with E-state index in [1.807, 2.05) is 0 Å². The number of aliphatic carboxylic acids is 1. The molecule has 1 aromatic rings. The summed E-state index contributed by atoms with van der Waals surface area (Å²) in [6.45, 7) is 0. The minimum absolute atomic E-state index is 0.168. The monoisotopic (exact) mass is 237 g/mol. The van der Waals surface area contributed by atoms with Gasteiger partial charge in [0.1, 0.15) is 0 Å². The SMILES string of the molecule is O=C(O)C1CC1c1csc(C2CCCC2)n1. The molecule has 2 atom stereocenters. The van der Waals surface area contributed by atoms with Crippen LogP contribution in [0.4, 0.5) is 0 Å². The molecule has 0 aliphatic heterocycles. The highest BCUT2D eigenvalue weighted by Crippen LogP contribution is 2.48. The van der Waals surface area contributed by atoms with Crippen LogP contribution >= 0.6 is 11.3 Å². The third-order valence-corrected chi connectivity index (χ3v) is 4.76. The van der Waals surface area contributed by atoms with Gasteiger partial charge in [0.25, 0.3) is 0 Å². The zero-order valence-electron chi connectivity index (χ0n) is 9.06. The Morgan fingerprint density at radius 1 is 1.44 bits per heavy atom. The highest BCUT2D eigenvalue weighted by molar-refractivity contribution is 7.09. The average molecular weight is 237 g/mol. The van der Waals surface area contributed by atoms with Crippen molar-refractivity contribution < 1.29 is 9.90 Å². The van der Waals surface area contributed by atoms with Crippen LogP contribution in [-0.2, 0) is 4.79 Å². The first kappa shape index (κ1) is 10.3. The first-order valence-corrected chi connectivity index (χ1v) is 6.82. The molecule has 16 heavy (non-hydrogen) atoms. The lowest BCUT2D eigenvalue weighted by molar-refractivity contribution is -0.138. The highest BCUT2D eigenvalue weighted by Gasteiger charge is 2.45. The lowest BCUT2D eigenvalue weighted by Crippen LogP contribution is -1.99. The third-order valence-electron chi connectivity index (χ3n) is 3.73. The molecule has 4 heteroatoms. The standard InChI is InChI=1S/C12H15NO2S/c14-12(15)9-5-8(9)10-6-16-11(13-10)7-3-1-2-4-7/h6-9H,1-5H2,(H,14,15). The van der Waals surface area contributed by atoms with Crippen molar-refractivity contribution >= 4 is 17.3 Å². The van der Waals surface area contributed by atoms with E-state index in [0.717, 1.165) is 12.1 Å². The van der Waals surface area contributed by atoms with Crippen molar-refractivity contribution in [2.75, 3.05) is 0 Å². The second-order valence-corrected chi connectivity index (χ2v) is 5.77. The maximum Gasteiger partial charge on any atom is 0.307 e. The van der Waals surface area contributed by atoms with E-state index in [4.69, 9.17) is 5.11 Å². The summed E-state index contributed by atoms with van der Waals surface area (Å²) >= 11 is 1.72. The van der Waals surface area contributed by atoms with Gasteiger partial charge in [-0.1, -0.05) is 12.8 Å². The van der Waals surface area contributed by atoms with E-state index in [-0.39, 0.29) is 11.8 Å². The molecule has 0 aromatic carbocycles. The molecule has 1 aromatic heterocycles. The first-order valence-electron chi connectivity index (χ1n) is 5.94. The number of nitrogens with zero attached hydrogens (tertiary/aromatic N) is 1. The van der Waals surface area contributed by atoms with Crippen molar-refractivity contribution in [1.29, 1.82) is 0 Å². The maximum absolute atomic E-state index is 10.8. The highest BCUT2D eigenvalue weighted by atomic mass is 32.1. The molecular formula is C12H15NO2S. The first-order chi connectivity index (χ1) is 7.75. The zero-order chi connectivity index (χ0) is 11.1. The van der Waals surface area contributed by atoms with Crippen LogP contribution in [-0.4, -0.2) is 16.1 Å². The smallest absolute Gasteiger partial charge is 0.307 e. The van der Waals surface area contributed by atoms with Gasteiger partial charge in [-0.3, -0.25) is 4.79 Å². The van der Waals surface area contributed by atoms with Crippen molar-refractivity contribution in [3.8, 4) is 0 Å². The van der Waals surface area contributed by atoms with E-state index in [2.05, 4.69) is 10.4 Å². The summed E-state index contributed by atoms with van der Waals surface area (Å²) in [5, 5.41) is 12.2. The molecule has 2 aliphatic rings. The van der Waals surface area contributed by atoms with Crippen LogP contribution in [0.5, 0.6) is 0 Å². The van der Waals surface area contributed by atoms with Crippen LogP contribution in [0.15, 0.2) is 5.38 Å². The van der Waals surface area contributed by atoms with Crippen LogP contribution in [0.2, 0.25) is 0 Å². The van der Waals surface area contributed by atoms with Gasteiger partial charge in [0.15, 0.2) is 0 Å². The molecule has 86 valence electrons. The molecule has 3 rings (SSSR count). The second-order valence-electron chi connectivity index (χ2n) is 4.88. The van der Waals surface area contributed by atoms with Crippen molar-refractivity contribution in [3.63, 3.8) is 0 Å². The fraction of sp³-hybridized carbons (Fsp3) is 0.667. The Hall–Kier alpha value is -0.900. The Kier molecular flexibility index (Phi) is 2.46. The quantitative estimate of drug-likeness (QED) is 0.879. The summed E-state index contributed by atoms with van der Waals surface area (Å²) < 4.78 is 0. The van der Waals surface area contributed by atoms with Gasteiger partial charge in [-0.05, 0) is 19.3 Å². The van der Waals surface area contributed by atoms with Crippen molar-refractivity contribution in [1.82, 2.24) is 4.98 Å². The summed E-state index contributed by atoms with van der Waals surface area (Å²) in [5.74, 6) is 0.0172. The largest absolute Gasteiger partial charge is 0.481 e. The number of carbonyl (C=O) groups is 1. The van der Waals surface area contributed by atoms with Crippen molar-refractivity contribution in [2.24, 2.45) is 5.92 Å². The van der Waals surface area contributed by atoms with E-state index in [1.165, 1.54) is 30.7 Å². The van der Waals surface area contributed by atoms with Gasteiger partial charge in [0, 0.05) is 17.2 Å². The summed E-state index contributed by atoms with van der Waals surface area (Å²) in [5.41, 5.74) is 1.03. The molecule has 2 aliphatic carbocycles. The number of aromatic nitrogens is 1. The molecular weight excluding hydrogens is 222 g/mol. The van der Waals surface area contributed by atoms with Gasteiger partial charge in [0.05, 0.1) is 16.6 Å². The van der Waals surface area contributed by atoms with Crippen LogP contribution in [0, 0.1) is 5.92 Å². The molecule has 1 heterocycles. The average Bonchev–Trinajstić information content (AvgIpc) is 2.72. The number of hydrogen-bond donors (Lipinski definition) is 1. The van der Waals surface area contributed by atoms with Crippen LogP contribution in [0.25, 0.3) is 0 Å². The van der Waals surface area contributed by atoms with Crippen LogP contribution in [0.3, 0.4) is 0 Å². The summed E-state index contributed by atoms with van der Waals surface area (Å²) in [6.07, 6.45) is 5.95. The van der Waals surface area contributed by atoms with E-state index < -0.39 is 5.97 Å². The molecule has 0 spiro atoms. The Labute approximate surface area is 98.5 Å². The summed E-state index contributed by atoms with van der Waals surface area (Å²) in [4.78, 5) is 15.4. The van der Waals surface area contributed by atoms with E-state index in [9.17, 15) is 4.79 Å². The van der Waals surface area contributed by atoms with Crippen molar-refractivity contribution in [2.45, 2.75) is 43.9 Å². The topological polar surface area (TPSA) is 50.2 Å². The second kappa shape index (κ2) is 3.84. The number of carboxylic acids is 1. The van der Waals surface area contributed by atoms with Gasteiger partial charge in [-0.15, -0.1) is 11.3 Å². The van der Waals surface area contributed by atoms with Gasteiger partial charge in [-0.2, -0.15) is 0 Å². The third kappa shape index (κ3) is 1.75. The van der Waals surface area contributed by atoms with E-state index in [0.29, 0.717) is 5.92 Å². The normalized spacial score (nSPS) is 29.5. The Morgan fingerprint density at radius 3 is 2.81 bits per heavy atom. The molecule has 0 amide bonds. The molecule has 3 nitrogen and oxygen atoms in total. The fourth-order valence-corrected chi connectivity index (χ4v) is 3.68. The van der Waals surface area contributed by atoms with Gasteiger partial charge in [-0.25, -0.2) is 4.98 Å². The lowest BCUT2D eigenvalue weighted by atomic mass is 10.1. The van der Waals surface area contributed by atoms with Gasteiger partial charge < -0.3 is 5.11 Å². The predicted octanol–water partition coefficient (Wildman–Crippen LogP) is 2.99. The minimum atomic E-state index is -0.666. The summed E-state index contributed by atoms with van der Waals surface area (Å²) in [7, 11) is 0. The molecule has 1 N–H and O–H groups in total. The van der Waals surface area contributed by atoms with Gasteiger partial charge in [0.2, 0.25) is 0 Å². The number of rotatable bonds is 3. The Bertz CT molecular complexity index is 409. The lowest BCUT2D eigenvalue weighted by Gasteiger charge is -2.02. The molecule has 0 saturated heterocycles. The zero-order valence-corrected chi connectivity index (χ0v) is 9.87. The van der Waals surface area contributed by atoms with E-state index >= 15 is 0 Å². The summed E-state index contributed by atoms with van der Waals surface area (Å²) in [6, 6.07) is 0.